The molecule has 0 aliphatic carbocycles. The van der Waals surface area contributed by atoms with E-state index in [2.05, 4.69) is 10.2 Å². The molecule has 0 saturated carbocycles. The van der Waals surface area contributed by atoms with Crippen molar-refractivity contribution in [3.63, 3.8) is 0 Å². The van der Waals surface area contributed by atoms with Crippen LogP contribution in [0.3, 0.4) is 0 Å². The molecule has 72 valence electrons. The number of likely N-dealkylation sites (tertiary alicyclic amines) is 1. The molecule has 0 aromatic rings. The third-order valence-electron chi connectivity index (χ3n) is 3.22. The van der Waals surface area contributed by atoms with Crippen LogP contribution in [0.4, 0.5) is 0 Å². The third-order valence-corrected chi connectivity index (χ3v) is 3.22. The predicted octanol–water partition coefficient (Wildman–Crippen LogP) is -1.66. The van der Waals surface area contributed by atoms with Crippen LogP contribution >= 0.6 is 0 Å². The molecule has 0 atom stereocenters. The normalized spacial score (nSPS) is 26.8. The van der Waals surface area contributed by atoms with Crippen LogP contribution in [0.1, 0.15) is 33.5 Å². The molecule has 0 aromatic carbocycles. The number of nitrogens with zero attached hydrogens (tertiary/aromatic N) is 1. The molecule has 2 rings (SSSR count). The molecule has 2 fully saturated rings. The summed E-state index contributed by atoms with van der Waals surface area (Å²) >= 11 is 0. The molecule has 3 heteroatoms. The minimum atomic E-state index is 0. The largest absolute Gasteiger partial charge is 1.00 e. The van der Waals surface area contributed by atoms with E-state index in [1.54, 1.807) is 0 Å². The van der Waals surface area contributed by atoms with Gasteiger partial charge in [0.15, 0.2) is 0 Å². The van der Waals surface area contributed by atoms with Gasteiger partial charge in [-0.05, 0) is 51.9 Å². The zero-order valence-corrected chi connectivity index (χ0v) is 10.9. The molecule has 2 aliphatic rings. The van der Waals surface area contributed by atoms with Crippen molar-refractivity contribution in [2.45, 2.75) is 38.1 Å². The Labute approximate surface area is 105 Å². The molecule has 13 heavy (non-hydrogen) atoms. The summed E-state index contributed by atoms with van der Waals surface area (Å²) in [6.07, 6.45) is 7.08. The van der Waals surface area contributed by atoms with E-state index in [1.807, 2.05) is 0 Å². The van der Waals surface area contributed by atoms with Crippen molar-refractivity contribution in [1.29, 1.82) is 0 Å². The van der Waals surface area contributed by atoms with E-state index < -0.39 is 0 Å². The monoisotopic (exact) mass is 192 g/mol. The van der Waals surface area contributed by atoms with Crippen LogP contribution in [0.25, 0.3) is 0 Å². The first kappa shape index (κ1) is 12.0. The maximum absolute atomic E-state index is 3.43. The van der Waals surface area contributed by atoms with Gasteiger partial charge in [-0.1, -0.05) is 6.42 Å². The van der Waals surface area contributed by atoms with Crippen molar-refractivity contribution >= 4 is 0 Å². The standard InChI is InChI=1S/C10H20N2.Na.H/c1-2-8-12(9-3-1)10-4-6-11-7-5-10;;/h10-11H,1-9H2;;/q;+1;-1. The second-order valence-electron chi connectivity index (χ2n) is 4.08. The molecule has 0 bridgehead atoms. The number of rotatable bonds is 1. The van der Waals surface area contributed by atoms with Gasteiger partial charge in [0.25, 0.3) is 0 Å². The van der Waals surface area contributed by atoms with E-state index >= 15 is 0 Å². The van der Waals surface area contributed by atoms with E-state index in [9.17, 15) is 0 Å². The van der Waals surface area contributed by atoms with Crippen molar-refractivity contribution in [3.05, 3.63) is 0 Å². The second-order valence-corrected chi connectivity index (χ2v) is 4.08. The Kier molecular flexibility index (Phi) is 5.92. The van der Waals surface area contributed by atoms with Crippen LogP contribution in [-0.4, -0.2) is 37.1 Å². The summed E-state index contributed by atoms with van der Waals surface area (Å²) in [5.41, 5.74) is 0. The van der Waals surface area contributed by atoms with Gasteiger partial charge in [0.05, 0.1) is 0 Å². The van der Waals surface area contributed by atoms with Crippen molar-refractivity contribution in [2.75, 3.05) is 26.2 Å². The minimum Gasteiger partial charge on any atom is -1.00 e. The van der Waals surface area contributed by atoms with Gasteiger partial charge in [0.2, 0.25) is 0 Å². The first-order valence-electron chi connectivity index (χ1n) is 5.41. The summed E-state index contributed by atoms with van der Waals surface area (Å²) < 4.78 is 0. The first-order valence-corrected chi connectivity index (χ1v) is 5.41. The van der Waals surface area contributed by atoms with Crippen molar-refractivity contribution in [3.8, 4) is 0 Å². The summed E-state index contributed by atoms with van der Waals surface area (Å²) in [6, 6.07) is 0.909. The van der Waals surface area contributed by atoms with Crippen LogP contribution in [0.5, 0.6) is 0 Å². The smallest absolute Gasteiger partial charge is 1.00 e. The Morgan fingerprint density at radius 1 is 1.00 bits per heavy atom. The average molecular weight is 192 g/mol. The predicted molar refractivity (Wildman–Crippen MR) is 52.4 cm³/mol. The van der Waals surface area contributed by atoms with E-state index in [4.69, 9.17) is 0 Å². The van der Waals surface area contributed by atoms with Gasteiger partial charge in [-0.3, -0.25) is 0 Å². The molecule has 2 saturated heterocycles. The number of piperidine rings is 2. The van der Waals surface area contributed by atoms with Gasteiger partial charge < -0.3 is 11.6 Å². The van der Waals surface area contributed by atoms with Gasteiger partial charge in [0, 0.05) is 6.04 Å². The number of hydrogen-bond donors (Lipinski definition) is 1. The number of nitrogens with one attached hydrogen (secondary N) is 1. The third kappa shape index (κ3) is 3.52. The van der Waals surface area contributed by atoms with E-state index in [1.165, 1.54) is 58.3 Å². The van der Waals surface area contributed by atoms with Gasteiger partial charge >= 0.3 is 29.6 Å². The summed E-state index contributed by atoms with van der Waals surface area (Å²) in [6.45, 7) is 5.21. The molecule has 0 aromatic heterocycles. The second kappa shape index (κ2) is 6.41. The van der Waals surface area contributed by atoms with Crippen LogP contribution < -0.4 is 34.9 Å². The molecule has 2 aliphatic heterocycles. The summed E-state index contributed by atoms with van der Waals surface area (Å²) in [4.78, 5) is 2.71. The van der Waals surface area contributed by atoms with E-state index in [0.29, 0.717) is 0 Å². The van der Waals surface area contributed by atoms with Gasteiger partial charge in [-0.25, -0.2) is 0 Å². The Hall–Kier alpha value is 0.920. The van der Waals surface area contributed by atoms with Crippen molar-refractivity contribution in [2.24, 2.45) is 0 Å². The van der Waals surface area contributed by atoms with Gasteiger partial charge in [0.1, 0.15) is 0 Å². The molecule has 0 amide bonds. The van der Waals surface area contributed by atoms with E-state index in [0.717, 1.165) is 6.04 Å². The van der Waals surface area contributed by atoms with Gasteiger partial charge in [-0.15, -0.1) is 0 Å². The Bertz CT molecular complexity index is 118. The topological polar surface area (TPSA) is 15.3 Å². The van der Waals surface area contributed by atoms with Crippen LogP contribution in [0, 0.1) is 0 Å². The SMILES string of the molecule is C1CCN(C2CCNCC2)CC1.[H-].[Na+]. The molecular formula is C10H21N2Na. The zero-order valence-electron chi connectivity index (χ0n) is 9.89. The minimum absolute atomic E-state index is 0. The Balaban J connectivity index is 0.000000845. The fraction of sp³-hybridized carbons (Fsp3) is 1.00. The molecule has 0 unspecified atom stereocenters. The molecule has 2 heterocycles. The molecule has 0 radical (unpaired) electrons. The summed E-state index contributed by atoms with van der Waals surface area (Å²) in [7, 11) is 0. The van der Waals surface area contributed by atoms with E-state index in [-0.39, 0.29) is 31.0 Å². The maximum atomic E-state index is 3.43. The molecule has 2 nitrogen and oxygen atoms in total. The Morgan fingerprint density at radius 3 is 2.23 bits per heavy atom. The van der Waals surface area contributed by atoms with Crippen molar-refractivity contribution in [1.82, 2.24) is 10.2 Å². The van der Waals surface area contributed by atoms with Crippen LogP contribution in [-0.2, 0) is 0 Å². The fourth-order valence-electron chi connectivity index (χ4n) is 2.46. The first-order chi connectivity index (χ1) is 5.97. The zero-order chi connectivity index (χ0) is 8.23. The van der Waals surface area contributed by atoms with Crippen LogP contribution in [0.15, 0.2) is 0 Å². The van der Waals surface area contributed by atoms with Crippen LogP contribution in [0.2, 0.25) is 0 Å². The Morgan fingerprint density at radius 2 is 1.62 bits per heavy atom. The number of hydrogen-bond acceptors (Lipinski definition) is 2. The fourth-order valence-corrected chi connectivity index (χ4v) is 2.46. The summed E-state index contributed by atoms with van der Waals surface area (Å²) in [5, 5.41) is 3.43. The quantitative estimate of drug-likeness (QED) is 0.500. The van der Waals surface area contributed by atoms with Crippen molar-refractivity contribution < 1.29 is 31.0 Å². The van der Waals surface area contributed by atoms with Gasteiger partial charge in [-0.2, -0.15) is 0 Å². The average Bonchev–Trinajstić information content (AvgIpc) is 2.21. The molecular weight excluding hydrogens is 171 g/mol. The molecule has 0 spiro atoms. The summed E-state index contributed by atoms with van der Waals surface area (Å²) in [5.74, 6) is 0. The maximum Gasteiger partial charge on any atom is 1.00 e. The molecule has 1 N–H and O–H groups in total.